The fraction of sp³-hybridized carbons (Fsp3) is 0.154. The fourth-order valence-corrected chi connectivity index (χ4v) is 4.14. The molecule has 35 heavy (non-hydrogen) atoms. The van der Waals surface area contributed by atoms with E-state index in [1.54, 1.807) is 6.92 Å². The van der Waals surface area contributed by atoms with Crippen LogP contribution >= 0.6 is 0 Å². The molecule has 1 saturated heterocycles. The predicted molar refractivity (Wildman–Crippen MR) is 126 cm³/mol. The minimum atomic E-state index is -1.07. The van der Waals surface area contributed by atoms with E-state index in [1.807, 2.05) is 36.4 Å². The summed E-state index contributed by atoms with van der Waals surface area (Å²) in [6.07, 6.45) is -0.214. The summed E-state index contributed by atoms with van der Waals surface area (Å²) in [5, 5.41) is 20.0. The zero-order valence-corrected chi connectivity index (χ0v) is 18.7. The SMILES string of the molecule is CC(c1ccccc1)N(C(=O)c1ccc([N+](=O)[O-])cc1)C1CC(=O)N(c2ccc(C#N)cc2)C1=O. The molecule has 0 N–H and O–H groups in total. The summed E-state index contributed by atoms with van der Waals surface area (Å²) in [5.74, 6) is -1.55. The highest BCUT2D eigenvalue weighted by atomic mass is 16.6. The Morgan fingerprint density at radius 1 is 1.06 bits per heavy atom. The smallest absolute Gasteiger partial charge is 0.269 e. The molecule has 9 heteroatoms. The number of anilines is 1. The number of hydrogen-bond donors (Lipinski definition) is 0. The molecule has 4 rings (SSSR count). The number of imide groups is 1. The second kappa shape index (κ2) is 9.57. The second-order valence-electron chi connectivity index (χ2n) is 8.05. The summed E-state index contributed by atoms with van der Waals surface area (Å²) in [4.78, 5) is 52.9. The van der Waals surface area contributed by atoms with Gasteiger partial charge in [-0.05, 0) is 48.9 Å². The fourth-order valence-electron chi connectivity index (χ4n) is 4.14. The van der Waals surface area contributed by atoms with E-state index in [0.29, 0.717) is 11.3 Å². The molecule has 0 saturated carbocycles. The number of nitrogens with zero attached hydrogens (tertiary/aromatic N) is 4. The van der Waals surface area contributed by atoms with Crippen molar-refractivity contribution in [2.75, 3.05) is 4.90 Å². The van der Waals surface area contributed by atoms with Gasteiger partial charge in [0.05, 0.1) is 34.7 Å². The van der Waals surface area contributed by atoms with Gasteiger partial charge >= 0.3 is 0 Å². The van der Waals surface area contributed by atoms with Gasteiger partial charge in [-0.25, -0.2) is 4.90 Å². The van der Waals surface area contributed by atoms with Crippen LogP contribution in [0.25, 0.3) is 0 Å². The number of hydrogen-bond acceptors (Lipinski definition) is 6. The molecule has 2 atom stereocenters. The van der Waals surface area contributed by atoms with Crippen LogP contribution in [0.1, 0.15) is 40.9 Å². The number of nitriles is 1. The molecule has 0 bridgehead atoms. The number of rotatable bonds is 6. The molecule has 0 spiro atoms. The molecule has 9 nitrogen and oxygen atoms in total. The van der Waals surface area contributed by atoms with Crippen LogP contribution in [0.4, 0.5) is 11.4 Å². The maximum atomic E-state index is 13.6. The molecule has 2 unspecified atom stereocenters. The zero-order chi connectivity index (χ0) is 25.1. The molecular formula is C26H20N4O5. The molecule has 174 valence electrons. The average molecular weight is 468 g/mol. The highest BCUT2D eigenvalue weighted by molar-refractivity contribution is 6.23. The van der Waals surface area contributed by atoms with Gasteiger partial charge in [-0.3, -0.25) is 24.5 Å². The quantitative estimate of drug-likeness (QED) is 0.306. The Balaban J connectivity index is 1.72. The maximum absolute atomic E-state index is 13.6. The van der Waals surface area contributed by atoms with Crippen LogP contribution < -0.4 is 4.90 Å². The van der Waals surface area contributed by atoms with E-state index in [9.17, 15) is 24.5 Å². The number of carbonyl (C=O) groups excluding carboxylic acids is 3. The third-order valence-electron chi connectivity index (χ3n) is 5.97. The Morgan fingerprint density at radius 3 is 2.26 bits per heavy atom. The first kappa shape index (κ1) is 23.3. The summed E-state index contributed by atoms with van der Waals surface area (Å²) in [6, 6.07) is 20.6. The summed E-state index contributed by atoms with van der Waals surface area (Å²) in [7, 11) is 0. The Bertz CT molecular complexity index is 1330. The molecule has 1 heterocycles. The number of carbonyl (C=O) groups is 3. The van der Waals surface area contributed by atoms with Gasteiger partial charge in [-0.1, -0.05) is 30.3 Å². The summed E-state index contributed by atoms with van der Waals surface area (Å²) in [5.41, 5.74) is 1.47. The van der Waals surface area contributed by atoms with Crippen molar-refractivity contribution >= 4 is 29.1 Å². The van der Waals surface area contributed by atoms with Gasteiger partial charge in [-0.2, -0.15) is 5.26 Å². The van der Waals surface area contributed by atoms with E-state index in [4.69, 9.17) is 5.26 Å². The lowest BCUT2D eigenvalue weighted by atomic mass is 10.0. The zero-order valence-electron chi connectivity index (χ0n) is 18.7. The molecule has 0 radical (unpaired) electrons. The van der Waals surface area contributed by atoms with Crippen LogP contribution in [0.15, 0.2) is 78.9 Å². The van der Waals surface area contributed by atoms with Gasteiger partial charge < -0.3 is 4.90 Å². The largest absolute Gasteiger partial charge is 0.319 e. The Labute approximate surface area is 201 Å². The van der Waals surface area contributed by atoms with E-state index in [2.05, 4.69) is 0 Å². The molecule has 1 aliphatic rings. The normalized spacial score (nSPS) is 16.0. The van der Waals surface area contributed by atoms with Crippen molar-refractivity contribution in [2.24, 2.45) is 0 Å². The maximum Gasteiger partial charge on any atom is 0.269 e. The monoisotopic (exact) mass is 468 g/mol. The second-order valence-corrected chi connectivity index (χ2v) is 8.05. The number of amides is 3. The minimum Gasteiger partial charge on any atom is -0.319 e. The van der Waals surface area contributed by atoms with Gasteiger partial charge in [0, 0.05) is 17.7 Å². The van der Waals surface area contributed by atoms with Gasteiger partial charge in [-0.15, -0.1) is 0 Å². The van der Waals surface area contributed by atoms with Crippen molar-refractivity contribution in [2.45, 2.75) is 25.4 Å². The Hall–Kier alpha value is -4.84. The first-order chi connectivity index (χ1) is 16.8. The first-order valence-corrected chi connectivity index (χ1v) is 10.8. The lowest BCUT2D eigenvalue weighted by Gasteiger charge is -2.33. The van der Waals surface area contributed by atoms with Gasteiger partial charge in [0.1, 0.15) is 6.04 Å². The van der Waals surface area contributed by atoms with Gasteiger partial charge in [0.2, 0.25) is 5.91 Å². The molecule has 3 aromatic rings. The standard InChI is InChI=1S/C26H20N4O5/c1-17(19-5-3-2-4-6-19)28(25(32)20-9-13-22(14-10-20)30(34)35)23-15-24(31)29(26(23)33)21-11-7-18(16-27)8-12-21/h2-14,17,23H,15H2,1H3. The summed E-state index contributed by atoms with van der Waals surface area (Å²) >= 11 is 0. The lowest BCUT2D eigenvalue weighted by Crippen LogP contribution is -2.46. The predicted octanol–water partition coefficient (Wildman–Crippen LogP) is 4.00. The molecule has 1 fully saturated rings. The van der Waals surface area contributed by atoms with E-state index in [1.165, 1.54) is 53.4 Å². The highest BCUT2D eigenvalue weighted by Gasteiger charge is 2.46. The van der Waals surface area contributed by atoms with E-state index in [-0.39, 0.29) is 17.7 Å². The van der Waals surface area contributed by atoms with Gasteiger partial charge in [0.15, 0.2) is 0 Å². The van der Waals surface area contributed by atoms with Crippen molar-refractivity contribution in [3.8, 4) is 6.07 Å². The molecule has 3 amide bonds. The highest BCUT2D eigenvalue weighted by Crippen LogP contribution is 2.32. The van der Waals surface area contributed by atoms with Crippen molar-refractivity contribution in [1.29, 1.82) is 5.26 Å². The Morgan fingerprint density at radius 2 is 1.69 bits per heavy atom. The first-order valence-electron chi connectivity index (χ1n) is 10.8. The lowest BCUT2D eigenvalue weighted by molar-refractivity contribution is -0.384. The average Bonchev–Trinajstić information content (AvgIpc) is 3.17. The van der Waals surface area contributed by atoms with Gasteiger partial charge in [0.25, 0.3) is 17.5 Å². The van der Waals surface area contributed by atoms with Crippen LogP contribution in [0.2, 0.25) is 0 Å². The minimum absolute atomic E-state index is 0.162. The van der Waals surface area contributed by atoms with Crippen molar-refractivity contribution in [3.63, 3.8) is 0 Å². The van der Waals surface area contributed by atoms with Crippen molar-refractivity contribution < 1.29 is 19.3 Å². The number of non-ortho nitro benzene ring substituents is 1. The van der Waals surface area contributed by atoms with E-state index < -0.39 is 34.7 Å². The molecule has 1 aliphatic heterocycles. The molecule has 0 aromatic heterocycles. The van der Waals surface area contributed by atoms with Crippen LogP contribution in [0, 0.1) is 21.4 Å². The van der Waals surface area contributed by atoms with E-state index in [0.717, 1.165) is 10.5 Å². The number of nitro groups is 1. The number of nitro benzene ring substituents is 1. The van der Waals surface area contributed by atoms with Crippen molar-refractivity contribution in [1.82, 2.24) is 4.90 Å². The third-order valence-corrected chi connectivity index (χ3v) is 5.97. The molecule has 0 aliphatic carbocycles. The Kier molecular flexibility index (Phi) is 6.38. The van der Waals surface area contributed by atoms with Crippen LogP contribution in [0.3, 0.4) is 0 Å². The van der Waals surface area contributed by atoms with E-state index >= 15 is 0 Å². The topological polar surface area (TPSA) is 125 Å². The van der Waals surface area contributed by atoms with Crippen LogP contribution in [-0.4, -0.2) is 33.6 Å². The van der Waals surface area contributed by atoms with Crippen LogP contribution in [-0.2, 0) is 9.59 Å². The van der Waals surface area contributed by atoms with Crippen molar-refractivity contribution in [3.05, 3.63) is 106 Å². The molecular weight excluding hydrogens is 448 g/mol. The number of benzene rings is 3. The summed E-state index contributed by atoms with van der Waals surface area (Å²) in [6.45, 7) is 1.76. The molecule has 3 aromatic carbocycles. The van der Waals surface area contributed by atoms with Crippen LogP contribution in [0.5, 0.6) is 0 Å². The summed E-state index contributed by atoms with van der Waals surface area (Å²) < 4.78 is 0. The third kappa shape index (κ3) is 4.50.